The molecular formula is C24H28F3N3O2. The molecule has 32 heavy (non-hydrogen) atoms. The van der Waals surface area contributed by atoms with Crippen LogP contribution >= 0.6 is 0 Å². The molecule has 0 saturated carbocycles. The molecule has 2 fully saturated rings. The Hall–Kier alpha value is -2.61. The number of aromatic nitrogens is 1. The van der Waals surface area contributed by atoms with Crippen molar-refractivity contribution in [2.24, 2.45) is 0 Å². The van der Waals surface area contributed by atoms with E-state index in [1.165, 1.54) is 12.1 Å². The lowest BCUT2D eigenvalue weighted by atomic mass is 9.96. The van der Waals surface area contributed by atoms with E-state index in [-0.39, 0.29) is 11.9 Å². The Morgan fingerprint density at radius 3 is 2.41 bits per heavy atom. The number of halogens is 3. The highest BCUT2D eigenvalue weighted by molar-refractivity contribution is 5.88. The first-order valence-corrected chi connectivity index (χ1v) is 10.8. The molecule has 0 bridgehead atoms. The van der Waals surface area contributed by atoms with Gasteiger partial charge in [0.05, 0.1) is 23.5 Å². The summed E-state index contributed by atoms with van der Waals surface area (Å²) in [7, 11) is 1.81. The van der Waals surface area contributed by atoms with Gasteiger partial charge in [-0.25, -0.2) is 0 Å². The van der Waals surface area contributed by atoms with E-state index in [9.17, 15) is 18.0 Å². The second kappa shape index (κ2) is 7.76. The van der Waals surface area contributed by atoms with Crippen LogP contribution in [0.25, 0.3) is 11.1 Å². The summed E-state index contributed by atoms with van der Waals surface area (Å²) in [6.45, 7) is 6.44. The molecule has 2 atom stereocenters. The average molecular weight is 448 g/mol. The molecule has 1 N–H and O–H groups in total. The van der Waals surface area contributed by atoms with Gasteiger partial charge < -0.3 is 9.64 Å². The number of alkyl halides is 3. The van der Waals surface area contributed by atoms with Gasteiger partial charge >= 0.3 is 6.18 Å². The molecule has 1 amide bonds. The highest BCUT2D eigenvalue weighted by Gasteiger charge is 2.50. The quantitative estimate of drug-likeness (QED) is 0.722. The lowest BCUT2D eigenvalue weighted by Crippen LogP contribution is -2.47. The zero-order valence-electron chi connectivity index (χ0n) is 18.7. The van der Waals surface area contributed by atoms with E-state index in [2.05, 4.69) is 10.3 Å². The van der Waals surface area contributed by atoms with Crippen LogP contribution in [0, 0.1) is 0 Å². The SMILES string of the molecule is CN1CC[C@]2(CC[C@H](c3cc(-c4ccc(C(F)(F)F)cc4)c(OC(C)(C)C)cn3)N2)C1=O. The number of pyridine rings is 1. The number of carbonyl (C=O) groups is 1. The van der Waals surface area contributed by atoms with Gasteiger partial charge in [0.2, 0.25) is 5.91 Å². The second-order valence-electron chi connectivity index (χ2n) is 9.69. The zero-order chi connectivity index (χ0) is 23.3. The number of benzene rings is 1. The highest BCUT2D eigenvalue weighted by Crippen LogP contribution is 2.41. The summed E-state index contributed by atoms with van der Waals surface area (Å²) in [6, 6.07) is 6.82. The normalized spacial score (nSPS) is 23.9. The minimum Gasteiger partial charge on any atom is -0.486 e. The van der Waals surface area contributed by atoms with Crippen LogP contribution in [0.2, 0.25) is 0 Å². The van der Waals surface area contributed by atoms with Crippen molar-refractivity contribution in [1.82, 2.24) is 15.2 Å². The summed E-state index contributed by atoms with van der Waals surface area (Å²) >= 11 is 0. The Morgan fingerprint density at radius 2 is 1.84 bits per heavy atom. The van der Waals surface area contributed by atoms with Gasteiger partial charge in [-0.2, -0.15) is 13.2 Å². The van der Waals surface area contributed by atoms with E-state index in [0.29, 0.717) is 16.9 Å². The third kappa shape index (κ3) is 4.33. The fraction of sp³-hybridized carbons (Fsp3) is 0.500. The molecule has 4 rings (SSSR count). The molecule has 1 aromatic heterocycles. The molecule has 0 unspecified atom stereocenters. The highest BCUT2D eigenvalue weighted by atomic mass is 19.4. The Balaban J connectivity index is 1.68. The first kappa shape index (κ1) is 22.6. The predicted molar refractivity (Wildman–Crippen MR) is 115 cm³/mol. The van der Waals surface area contributed by atoms with E-state index in [1.54, 1.807) is 11.1 Å². The monoisotopic (exact) mass is 447 g/mol. The van der Waals surface area contributed by atoms with Gasteiger partial charge in [-0.3, -0.25) is 15.1 Å². The van der Waals surface area contributed by atoms with Crippen LogP contribution in [0.1, 0.15) is 57.3 Å². The van der Waals surface area contributed by atoms with Crippen LogP contribution in [0.3, 0.4) is 0 Å². The van der Waals surface area contributed by atoms with Crippen LogP contribution in [-0.2, 0) is 11.0 Å². The standard InChI is InChI=1S/C24H28F3N3O2/c1-22(2,3)32-20-14-28-19(18-9-10-23(29-18)11-12-30(4)21(23)31)13-17(20)15-5-7-16(8-6-15)24(25,26)27/h5-8,13-14,18,29H,9-12H2,1-4H3/t18-,23-/m1/s1. The number of nitrogens with zero attached hydrogens (tertiary/aromatic N) is 2. The number of likely N-dealkylation sites (tertiary alicyclic amines) is 1. The summed E-state index contributed by atoms with van der Waals surface area (Å²) in [5, 5.41) is 3.49. The van der Waals surface area contributed by atoms with Crippen LogP contribution in [0.5, 0.6) is 5.75 Å². The van der Waals surface area contributed by atoms with E-state index >= 15 is 0 Å². The fourth-order valence-corrected chi connectivity index (χ4v) is 4.51. The summed E-state index contributed by atoms with van der Waals surface area (Å²) in [5.41, 5.74) is 0.301. The molecule has 1 spiro atoms. The van der Waals surface area contributed by atoms with Crippen LogP contribution < -0.4 is 10.1 Å². The summed E-state index contributed by atoms with van der Waals surface area (Å²) in [4.78, 5) is 19.0. The molecular weight excluding hydrogens is 419 g/mol. The second-order valence-corrected chi connectivity index (χ2v) is 9.69. The number of ether oxygens (including phenoxy) is 1. The Labute approximate surface area is 186 Å². The third-order valence-electron chi connectivity index (χ3n) is 6.13. The largest absolute Gasteiger partial charge is 0.486 e. The molecule has 2 aromatic rings. The van der Waals surface area contributed by atoms with E-state index in [1.807, 2.05) is 33.9 Å². The number of hydrogen-bond donors (Lipinski definition) is 1. The molecule has 2 aliphatic heterocycles. The first-order chi connectivity index (χ1) is 14.9. The topological polar surface area (TPSA) is 54.5 Å². The van der Waals surface area contributed by atoms with E-state index in [4.69, 9.17) is 4.74 Å². The number of likely N-dealkylation sites (N-methyl/N-ethyl adjacent to an activating group) is 1. The lowest BCUT2D eigenvalue weighted by molar-refractivity contribution is -0.137. The fourth-order valence-electron chi connectivity index (χ4n) is 4.51. The van der Waals surface area contributed by atoms with Crippen molar-refractivity contribution in [2.45, 2.75) is 63.4 Å². The number of rotatable bonds is 3. The molecule has 0 radical (unpaired) electrons. The maximum Gasteiger partial charge on any atom is 0.416 e. The van der Waals surface area contributed by atoms with Crippen LogP contribution in [0.4, 0.5) is 13.2 Å². The van der Waals surface area contributed by atoms with Crippen molar-refractivity contribution in [3.05, 3.63) is 47.8 Å². The van der Waals surface area contributed by atoms with Crippen molar-refractivity contribution >= 4 is 5.91 Å². The smallest absolute Gasteiger partial charge is 0.416 e. The number of carbonyl (C=O) groups excluding carboxylic acids is 1. The van der Waals surface area contributed by atoms with Crippen molar-refractivity contribution in [3.8, 4) is 16.9 Å². The molecule has 5 nitrogen and oxygen atoms in total. The Morgan fingerprint density at radius 1 is 1.16 bits per heavy atom. The molecule has 3 heterocycles. The van der Waals surface area contributed by atoms with Crippen LogP contribution in [0.15, 0.2) is 36.5 Å². The number of nitrogens with one attached hydrogen (secondary N) is 1. The minimum absolute atomic E-state index is 0.107. The van der Waals surface area contributed by atoms with Gasteiger partial charge in [0.25, 0.3) is 0 Å². The molecule has 8 heteroatoms. The van der Waals surface area contributed by atoms with E-state index < -0.39 is 22.9 Å². The van der Waals surface area contributed by atoms with Crippen molar-refractivity contribution in [2.75, 3.05) is 13.6 Å². The lowest BCUT2D eigenvalue weighted by Gasteiger charge is -2.25. The Bertz CT molecular complexity index is 1010. The summed E-state index contributed by atoms with van der Waals surface area (Å²) in [6.07, 6.45) is -0.509. The van der Waals surface area contributed by atoms with Crippen molar-refractivity contribution in [3.63, 3.8) is 0 Å². The maximum atomic E-state index is 13.0. The van der Waals surface area contributed by atoms with Gasteiger partial charge in [0.15, 0.2) is 0 Å². The molecule has 2 saturated heterocycles. The molecule has 2 aliphatic rings. The summed E-state index contributed by atoms with van der Waals surface area (Å²) < 4.78 is 45.1. The summed E-state index contributed by atoms with van der Waals surface area (Å²) in [5.74, 6) is 0.612. The van der Waals surface area contributed by atoms with Crippen LogP contribution in [-0.4, -0.2) is 40.5 Å². The van der Waals surface area contributed by atoms with E-state index in [0.717, 1.165) is 43.6 Å². The number of amides is 1. The average Bonchev–Trinajstić information content (AvgIpc) is 3.26. The number of hydrogen-bond acceptors (Lipinski definition) is 4. The van der Waals surface area contributed by atoms with Gasteiger partial charge in [-0.15, -0.1) is 0 Å². The minimum atomic E-state index is -4.39. The predicted octanol–water partition coefficient (Wildman–Crippen LogP) is 4.97. The van der Waals surface area contributed by atoms with Gasteiger partial charge in [-0.05, 0) is 63.8 Å². The zero-order valence-corrected chi connectivity index (χ0v) is 18.7. The third-order valence-corrected chi connectivity index (χ3v) is 6.13. The Kier molecular flexibility index (Phi) is 5.48. The molecule has 172 valence electrons. The first-order valence-electron chi connectivity index (χ1n) is 10.8. The molecule has 0 aliphatic carbocycles. The maximum absolute atomic E-state index is 13.0. The van der Waals surface area contributed by atoms with Gasteiger partial charge in [0, 0.05) is 19.2 Å². The van der Waals surface area contributed by atoms with Gasteiger partial charge in [0.1, 0.15) is 16.9 Å². The van der Waals surface area contributed by atoms with Gasteiger partial charge in [-0.1, -0.05) is 12.1 Å². The van der Waals surface area contributed by atoms with Crippen molar-refractivity contribution in [1.29, 1.82) is 0 Å². The van der Waals surface area contributed by atoms with Crippen molar-refractivity contribution < 1.29 is 22.7 Å². The molecule has 1 aromatic carbocycles.